The van der Waals surface area contributed by atoms with E-state index in [4.69, 9.17) is 14.9 Å². The maximum Gasteiger partial charge on any atom is 0.328 e. The molecule has 0 radical (unpaired) electrons. The lowest BCUT2D eigenvalue weighted by Gasteiger charge is -2.15. The first-order chi connectivity index (χ1) is 26.3. The molecule has 0 aromatic heterocycles. The van der Waals surface area contributed by atoms with Crippen molar-refractivity contribution in [3.8, 4) is 0 Å². The SMILES string of the molecule is CCCCCCCC/C=C\C(CCCCCCCCC(=O)NCC(=O)NC(CO)C(=O)O)OC(=O)CCCCCCCCCCCCCCCCCCC. The van der Waals surface area contributed by atoms with Crippen LogP contribution >= 0.6 is 0 Å². The fourth-order valence-electron chi connectivity index (χ4n) is 6.74. The van der Waals surface area contributed by atoms with Gasteiger partial charge in [0.2, 0.25) is 11.8 Å². The number of carboxylic acids is 1. The smallest absolute Gasteiger partial charge is 0.328 e. The number of hydrogen-bond donors (Lipinski definition) is 4. The van der Waals surface area contributed by atoms with Crippen molar-refractivity contribution in [3.63, 3.8) is 0 Å². The number of amides is 2. The van der Waals surface area contributed by atoms with Gasteiger partial charge in [-0.25, -0.2) is 4.79 Å². The summed E-state index contributed by atoms with van der Waals surface area (Å²) in [5, 5.41) is 22.5. The molecule has 2 atom stereocenters. The number of allylic oxidation sites excluding steroid dienone is 1. The van der Waals surface area contributed by atoms with Crippen LogP contribution in [0, 0.1) is 0 Å². The monoisotopic (exact) mass is 765 g/mol. The Hall–Kier alpha value is -2.42. The minimum absolute atomic E-state index is 0.0731. The van der Waals surface area contributed by atoms with Crippen LogP contribution in [0.5, 0.6) is 0 Å². The molecule has 0 aliphatic rings. The Morgan fingerprint density at radius 1 is 0.556 bits per heavy atom. The summed E-state index contributed by atoms with van der Waals surface area (Å²) in [7, 11) is 0. The molecule has 0 heterocycles. The summed E-state index contributed by atoms with van der Waals surface area (Å²) in [6.45, 7) is 3.49. The largest absolute Gasteiger partial charge is 0.480 e. The molecule has 316 valence electrons. The highest BCUT2D eigenvalue weighted by Gasteiger charge is 2.18. The number of aliphatic hydroxyl groups is 1. The fourth-order valence-corrected chi connectivity index (χ4v) is 6.74. The average Bonchev–Trinajstić information content (AvgIpc) is 3.15. The summed E-state index contributed by atoms with van der Waals surface area (Å²) in [6, 6.07) is -1.38. The zero-order valence-corrected chi connectivity index (χ0v) is 35.0. The van der Waals surface area contributed by atoms with Gasteiger partial charge in [0.05, 0.1) is 13.2 Å². The second-order valence-electron chi connectivity index (χ2n) is 15.5. The second-order valence-corrected chi connectivity index (χ2v) is 15.5. The number of nitrogens with one attached hydrogen (secondary N) is 2. The topological polar surface area (TPSA) is 142 Å². The van der Waals surface area contributed by atoms with Gasteiger partial charge in [0.1, 0.15) is 12.1 Å². The number of carboxylic acid groups (broad SMARTS) is 1. The number of hydrogen-bond acceptors (Lipinski definition) is 6. The van der Waals surface area contributed by atoms with Crippen LogP contribution in [0.1, 0.15) is 226 Å². The molecule has 0 aliphatic heterocycles. The van der Waals surface area contributed by atoms with Crippen molar-refractivity contribution in [1.82, 2.24) is 10.6 Å². The summed E-state index contributed by atoms with van der Waals surface area (Å²) in [4.78, 5) is 47.4. The number of carbonyl (C=O) groups is 4. The highest BCUT2D eigenvalue weighted by molar-refractivity contribution is 5.87. The minimum atomic E-state index is -1.38. The molecule has 2 unspecified atom stereocenters. The Bertz CT molecular complexity index is 926. The molecule has 54 heavy (non-hydrogen) atoms. The fraction of sp³-hybridized carbons (Fsp3) is 0.867. The maximum atomic E-state index is 12.7. The number of ether oxygens (including phenoxy) is 1. The lowest BCUT2D eigenvalue weighted by atomic mass is 10.0. The van der Waals surface area contributed by atoms with Crippen molar-refractivity contribution in [2.24, 2.45) is 0 Å². The van der Waals surface area contributed by atoms with Crippen LogP contribution in [-0.4, -0.2) is 59.3 Å². The average molecular weight is 765 g/mol. The summed E-state index contributed by atoms with van der Waals surface area (Å²) in [5.41, 5.74) is 0. The van der Waals surface area contributed by atoms with Crippen molar-refractivity contribution in [3.05, 3.63) is 12.2 Å². The molecular weight excluding hydrogens is 681 g/mol. The van der Waals surface area contributed by atoms with Gasteiger partial charge in [-0.3, -0.25) is 14.4 Å². The Labute approximate surface area is 331 Å². The summed E-state index contributed by atoms with van der Waals surface area (Å²) in [6.07, 6.45) is 42.7. The number of aliphatic carboxylic acids is 1. The molecule has 9 nitrogen and oxygen atoms in total. The Morgan fingerprint density at radius 2 is 0.981 bits per heavy atom. The highest BCUT2D eigenvalue weighted by atomic mass is 16.5. The van der Waals surface area contributed by atoms with Gasteiger partial charge < -0.3 is 25.6 Å². The van der Waals surface area contributed by atoms with Crippen LogP contribution < -0.4 is 10.6 Å². The van der Waals surface area contributed by atoms with Crippen molar-refractivity contribution < 1.29 is 34.1 Å². The number of carbonyl (C=O) groups excluding carboxylic acids is 3. The van der Waals surface area contributed by atoms with Crippen LogP contribution in [-0.2, 0) is 23.9 Å². The Morgan fingerprint density at radius 3 is 1.44 bits per heavy atom. The zero-order chi connectivity index (χ0) is 39.7. The molecule has 0 spiro atoms. The zero-order valence-electron chi connectivity index (χ0n) is 35.0. The summed E-state index contributed by atoms with van der Waals surface area (Å²) >= 11 is 0. The first kappa shape index (κ1) is 51.6. The van der Waals surface area contributed by atoms with E-state index in [1.165, 1.54) is 135 Å². The molecule has 0 aromatic carbocycles. The molecule has 0 aliphatic carbocycles. The van der Waals surface area contributed by atoms with E-state index in [-0.39, 0.29) is 24.5 Å². The van der Waals surface area contributed by atoms with Gasteiger partial charge in [0.25, 0.3) is 0 Å². The predicted molar refractivity (Wildman–Crippen MR) is 222 cm³/mol. The quantitative estimate of drug-likeness (QED) is 0.0276. The van der Waals surface area contributed by atoms with E-state index in [1.807, 2.05) is 0 Å². The number of aliphatic hydroxyl groups excluding tert-OH is 1. The third kappa shape index (κ3) is 36.6. The minimum Gasteiger partial charge on any atom is -0.480 e. The van der Waals surface area contributed by atoms with E-state index < -0.39 is 24.5 Å². The molecule has 0 bridgehead atoms. The van der Waals surface area contributed by atoms with Gasteiger partial charge in [-0.05, 0) is 44.6 Å². The van der Waals surface area contributed by atoms with Crippen LogP contribution in [0.15, 0.2) is 12.2 Å². The molecule has 0 fully saturated rings. The van der Waals surface area contributed by atoms with E-state index in [0.717, 1.165) is 57.8 Å². The van der Waals surface area contributed by atoms with Crippen molar-refractivity contribution >= 4 is 23.8 Å². The lowest BCUT2D eigenvalue weighted by molar-refractivity contribution is -0.147. The summed E-state index contributed by atoms with van der Waals surface area (Å²) in [5.74, 6) is -2.31. The van der Waals surface area contributed by atoms with E-state index in [0.29, 0.717) is 19.3 Å². The number of rotatable bonds is 41. The molecule has 0 rings (SSSR count). The highest BCUT2D eigenvalue weighted by Crippen LogP contribution is 2.17. The van der Waals surface area contributed by atoms with Crippen molar-refractivity contribution in [1.29, 1.82) is 0 Å². The molecule has 4 N–H and O–H groups in total. The van der Waals surface area contributed by atoms with Crippen LogP contribution in [0.2, 0.25) is 0 Å². The van der Waals surface area contributed by atoms with Crippen LogP contribution in [0.25, 0.3) is 0 Å². The first-order valence-electron chi connectivity index (χ1n) is 22.6. The van der Waals surface area contributed by atoms with E-state index in [9.17, 15) is 19.2 Å². The number of esters is 1. The van der Waals surface area contributed by atoms with Crippen molar-refractivity contribution in [2.75, 3.05) is 13.2 Å². The lowest BCUT2D eigenvalue weighted by Crippen LogP contribution is -2.47. The van der Waals surface area contributed by atoms with Gasteiger partial charge in [-0.15, -0.1) is 0 Å². The molecule has 9 heteroatoms. The Balaban J connectivity index is 4.15. The van der Waals surface area contributed by atoms with Crippen molar-refractivity contribution in [2.45, 2.75) is 238 Å². The maximum absolute atomic E-state index is 12.7. The molecule has 2 amide bonds. The van der Waals surface area contributed by atoms with Gasteiger partial charge >= 0.3 is 11.9 Å². The number of unbranched alkanes of at least 4 members (excludes halogenated alkanes) is 27. The molecular formula is C45H84N2O7. The third-order valence-corrected chi connectivity index (χ3v) is 10.2. The van der Waals surface area contributed by atoms with Crippen LogP contribution in [0.4, 0.5) is 0 Å². The Kier molecular flexibility index (Phi) is 38.4. The van der Waals surface area contributed by atoms with E-state index in [1.54, 1.807) is 0 Å². The van der Waals surface area contributed by atoms with Gasteiger partial charge in [-0.1, -0.05) is 180 Å². The standard InChI is InChI=1S/C45H84N2O7/c1-3-5-7-9-11-13-14-15-16-17-18-19-20-21-23-29-33-37-44(51)54-40(34-30-26-22-12-10-8-6-4-2)35-31-27-24-25-28-32-36-42(49)46-38-43(50)47-41(39-48)45(52)53/h30,34,40-41,48H,3-29,31-33,35-39H2,1-2H3,(H,46,49)(H,47,50)(H,52,53)/b34-30-. The third-order valence-electron chi connectivity index (χ3n) is 10.2. The van der Waals surface area contributed by atoms with E-state index in [2.05, 4.69) is 36.6 Å². The predicted octanol–water partition coefficient (Wildman–Crippen LogP) is 11.0. The molecule has 0 aromatic rings. The van der Waals surface area contributed by atoms with E-state index >= 15 is 0 Å². The summed E-state index contributed by atoms with van der Waals surface area (Å²) < 4.78 is 5.95. The van der Waals surface area contributed by atoms with Gasteiger partial charge in [0.15, 0.2) is 0 Å². The first-order valence-corrected chi connectivity index (χ1v) is 22.6. The van der Waals surface area contributed by atoms with Gasteiger partial charge in [0, 0.05) is 12.8 Å². The van der Waals surface area contributed by atoms with Gasteiger partial charge in [-0.2, -0.15) is 0 Å². The molecule has 0 saturated carbocycles. The second kappa shape index (κ2) is 40.2. The molecule has 0 saturated heterocycles. The normalized spacial score (nSPS) is 12.5. The van der Waals surface area contributed by atoms with Crippen LogP contribution in [0.3, 0.4) is 0 Å².